The number of aryl methyl sites for hydroxylation is 1. The zero-order valence-corrected chi connectivity index (χ0v) is 15.3. The minimum atomic E-state index is -3.95. The van der Waals surface area contributed by atoms with Gasteiger partial charge in [-0.2, -0.15) is 18.6 Å². The van der Waals surface area contributed by atoms with Gasteiger partial charge in [-0.3, -0.25) is 4.68 Å². The van der Waals surface area contributed by atoms with Crippen molar-refractivity contribution in [1.82, 2.24) is 19.0 Å². The maximum atomic E-state index is 14.3. The highest BCUT2D eigenvalue weighted by molar-refractivity contribution is 7.90. The number of hydrogen-bond donors (Lipinski definition) is 0. The lowest BCUT2D eigenvalue weighted by Crippen LogP contribution is -2.28. The van der Waals surface area contributed by atoms with Crippen molar-refractivity contribution < 1.29 is 17.2 Å². The predicted octanol–water partition coefficient (Wildman–Crippen LogP) is 2.47. The summed E-state index contributed by atoms with van der Waals surface area (Å²) in [6.45, 7) is 0.509. The average molecular weight is 393 g/mol. The molecule has 10 heteroatoms. The van der Waals surface area contributed by atoms with E-state index in [1.807, 2.05) is 0 Å². The average Bonchev–Trinajstić information content (AvgIpc) is 3.35. The summed E-state index contributed by atoms with van der Waals surface area (Å²) in [6, 6.07) is 4.40. The van der Waals surface area contributed by atoms with Crippen LogP contribution in [0.4, 0.5) is 14.6 Å². The lowest BCUT2D eigenvalue weighted by Gasteiger charge is -2.27. The van der Waals surface area contributed by atoms with E-state index in [0.717, 1.165) is 28.7 Å². The molecule has 0 radical (unpaired) electrons. The molecule has 0 spiro atoms. The third-order valence-corrected chi connectivity index (χ3v) is 6.21. The largest absolute Gasteiger partial charge is 0.349 e. The lowest BCUT2D eigenvalue weighted by atomic mass is 10.0. The highest BCUT2D eigenvalue weighted by Crippen LogP contribution is 2.38. The highest BCUT2D eigenvalue weighted by atomic mass is 32.2. The normalized spacial score (nSPS) is 17.6. The van der Waals surface area contributed by atoms with Crippen LogP contribution in [0.25, 0.3) is 0 Å². The van der Waals surface area contributed by atoms with Crippen molar-refractivity contribution in [3.05, 3.63) is 60.1 Å². The SMILES string of the molecule is Cn1cc(S(=O)(=O)n2nccc2N2CCC[C@@H]2c2cc(F)ccc2F)cn1. The molecule has 3 aromatic rings. The van der Waals surface area contributed by atoms with E-state index in [2.05, 4.69) is 10.2 Å². The minimum absolute atomic E-state index is 0.00244. The third kappa shape index (κ3) is 2.99. The maximum absolute atomic E-state index is 14.3. The molecule has 0 aliphatic carbocycles. The molecule has 0 unspecified atom stereocenters. The van der Waals surface area contributed by atoms with Crippen LogP contribution < -0.4 is 4.90 Å². The molecule has 0 bridgehead atoms. The molecular formula is C17H17F2N5O2S. The molecule has 1 aromatic carbocycles. The second-order valence-electron chi connectivity index (χ2n) is 6.40. The molecule has 4 rings (SSSR count). The predicted molar refractivity (Wildman–Crippen MR) is 93.7 cm³/mol. The molecule has 0 saturated carbocycles. The number of rotatable bonds is 4. The molecule has 27 heavy (non-hydrogen) atoms. The molecule has 142 valence electrons. The van der Waals surface area contributed by atoms with Gasteiger partial charge in [-0.25, -0.2) is 8.78 Å². The number of hydrogen-bond acceptors (Lipinski definition) is 5. The van der Waals surface area contributed by atoms with Crippen LogP contribution in [0.2, 0.25) is 0 Å². The van der Waals surface area contributed by atoms with Crippen LogP contribution in [-0.2, 0) is 17.1 Å². The van der Waals surface area contributed by atoms with Crippen LogP contribution in [0.1, 0.15) is 24.4 Å². The zero-order chi connectivity index (χ0) is 19.2. The van der Waals surface area contributed by atoms with Crippen molar-refractivity contribution in [2.45, 2.75) is 23.8 Å². The standard InChI is InChI=1S/C17H17F2N5O2S/c1-22-11-13(10-21-22)27(25,26)24-17(6-7-20-24)23-8-2-3-16(23)14-9-12(18)4-5-15(14)19/h4-7,9-11,16H,2-3,8H2,1H3/t16-/m1/s1. The Bertz CT molecular complexity index is 1090. The van der Waals surface area contributed by atoms with Gasteiger partial charge in [0.15, 0.2) is 0 Å². The molecular weight excluding hydrogens is 376 g/mol. The first-order chi connectivity index (χ1) is 12.9. The van der Waals surface area contributed by atoms with Gasteiger partial charge in [-0.05, 0) is 31.0 Å². The fourth-order valence-electron chi connectivity index (χ4n) is 3.44. The van der Waals surface area contributed by atoms with Gasteiger partial charge in [-0.1, -0.05) is 0 Å². The number of aromatic nitrogens is 4. The lowest BCUT2D eigenvalue weighted by molar-refractivity contribution is 0.556. The Balaban J connectivity index is 1.77. The fourth-order valence-corrected chi connectivity index (χ4v) is 4.70. The summed E-state index contributed by atoms with van der Waals surface area (Å²) in [7, 11) is -2.34. The highest BCUT2D eigenvalue weighted by Gasteiger charge is 2.33. The van der Waals surface area contributed by atoms with Gasteiger partial charge in [0.05, 0.1) is 18.4 Å². The van der Waals surface area contributed by atoms with Gasteiger partial charge in [0, 0.05) is 31.4 Å². The topological polar surface area (TPSA) is 73.0 Å². The van der Waals surface area contributed by atoms with Crippen LogP contribution in [0.3, 0.4) is 0 Å². The van der Waals surface area contributed by atoms with E-state index < -0.39 is 27.7 Å². The second kappa shape index (κ2) is 6.45. The molecule has 2 aromatic heterocycles. The number of nitrogens with zero attached hydrogens (tertiary/aromatic N) is 5. The summed E-state index contributed by atoms with van der Waals surface area (Å²) in [4.78, 5) is 1.75. The van der Waals surface area contributed by atoms with Crippen LogP contribution in [0, 0.1) is 11.6 Å². The Morgan fingerprint density at radius 1 is 1.19 bits per heavy atom. The minimum Gasteiger partial charge on any atom is -0.349 e. The van der Waals surface area contributed by atoms with Crippen LogP contribution in [-0.4, -0.2) is 33.9 Å². The number of benzene rings is 1. The van der Waals surface area contributed by atoms with Gasteiger partial charge in [-0.15, -0.1) is 4.09 Å². The van der Waals surface area contributed by atoms with Gasteiger partial charge >= 0.3 is 0 Å². The zero-order valence-electron chi connectivity index (χ0n) is 14.5. The van der Waals surface area contributed by atoms with E-state index in [-0.39, 0.29) is 10.5 Å². The van der Waals surface area contributed by atoms with E-state index in [9.17, 15) is 17.2 Å². The van der Waals surface area contributed by atoms with Crippen LogP contribution in [0.15, 0.2) is 47.8 Å². The molecule has 7 nitrogen and oxygen atoms in total. The first kappa shape index (κ1) is 17.7. The molecule has 1 aliphatic rings. The quantitative estimate of drug-likeness (QED) is 0.681. The van der Waals surface area contributed by atoms with Gasteiger partial charge in [0.25, 0.3) is 10.0 Å². The van der Waals surface area contributed by atoms with E-state index in [1.165, 1.54) is 23.3 Å². The Hall–Kier alpha value is -2.75. The van der Waals surface area contributed by atoms with Crippen LogP contribution >= 0.6 is 0 Å². The smallest absolute Gasteiger partial charge is 0.287 e. The summed E-state index contributed by atoms with van der Waals surface area (Å²) in [6.07, 6.45) is 5.31. The Kier molecular flexibility index (Phi) is 4.22. The summed E-state index contributed by atoms with van der Waals surface area (Å²) in [5.41, 5.74) is 0.207. The first-order valence-corrected chi connectivity index (χ1v) is 9.82. The second-order valence-corrected chi connectivity index (χ2v) is 8.17. The van der Waals surface area contributed by atoms with Crippen molar-refractivity contribution in [2.75, 3.05) is 11.4 Å². The number of halogens is 2. The van der Waals surface area contributed by atoms with E-state index >= 15 is 0 Å². The molecule has 1 atom stereocenters. The molecule has 0 amide bonds. The molecule has 1 fully saturated rings. The van der Waals surface area contributed by atoms with Crippen LogP contribution in [0.5, 0.6) is 0 Å². The monoisotopic (exact) mass is 393 g/mol. The molecule has 1 saturated heterocycles. The van der Waals surface area contributed by atoms with E-state index in [0.29, 0.717) is 18.8 Å². The summed E-state index contributed by atoms with van der Waals surface area (Å²) in [5.74, 6) is -0.741. The molecule has 0 N–H and O–H groups in total. The van der Waals surface area contributed by atoms with Gasteiger partial charge in [0.2, 0.25) is 0 Å². The number of anilines is 1. The summed E-state index contributed by atoms with van der Waals surface area (Å²) in [5, 5.41) is 7.86. The van der Waals surface area contributed by atoms with Gasteiger partial charge < -0.3 is 4.90 Å². The molecule has 3 heterocycles. The van der Waals surface area contributed by atoms with E-state index in [4.69, 9.17) is 0 Å². The summed E-state index contributed by atoms with van der Waals surface area (Å²) >= 11 is 0. The fraction of sp³-hybridized carbons (Fsp3) is 0.294. The van der Waals surface area contributed by atoms with Crippen molar-refractivity contribution >= 4 is 15.8 Å². The third-order valence-electron chi connectivity index (χ3n) is 4.66. The Morgan fingerprint density at radius 2 is 2.00 bits per heavy atom. The van der Waals surface area contributed by atoms with Crippen molar-refractivity contribution in [2.24, 2.45) is 7.05 Å². The van der Waals surface area contributed by atoms with Crippen molar-refractivity contribution in [3.8, 4) is 0 Å². The maximum Gasteiger partial charge on any atom is 0.287 e. The Labute approximate surface area is 154 Å². The van der Waals surface area contributed by atoms with Crippen molar-refractivity contribution in [1.29, 1.82) is 0 Å². The van der Waals surface area contributed by atoms with Gasteiger partial charge in [0.1, 0.15) is 22.3 Å². The summed E-state index contributed by atoms with van der Waals surface area (Å²) < 4.78 is 56.1. The first-order valence-electron chi connectivity index (χ1n) is 8.38. The van der Waals surface area contributed by atoms with Crippen molar-refractivity contribution in [3.63, 3.8) is 0 Å². The molecule has 1 aliphatic heterocycles. The van der Waals surface area contributed by atoms with E-state index in [1.54, 1.807) is 18.0 Å². The Morgan fingerprint density at radius 3 is 2.74 bits per heavy atom.